The zero-order chi connectivity index (χ0) is 8.10. The normalized spacial score (nSPS) is 8.09. The lowest BCUT2D eigenvalue weighted by Gasteiger charge is -1.92. The first kappa shape index (κ1) is 7.35. The molecule has 0 aliphatic rings. The van der Waals surface area contributed by atoms with E-state index in [0.717, 1.165) is 0 Å². The molecule has 4 heteroatoms. The fourth-order valence-corrected chi connectivity index (χ4v) is 0.593. The summed E-state index contributed by atoms with van der Waals surface area (Å²) >= 11 is 0. The molecule has 2 N–H and O–H groups in total. The SMILES string of the molecule is CC#CC(=O)Nc1ccn[nH]1. The van der Waals surface area contributed by atoms with E-state index in [1.807, 2.05) is 0 Å². The van der Waals surface area contributed by atoms with Crippen molar-refractivity contribution >= 4 is 11.7 Å². The van der Waals surface area contributed by atoms with Crippen LogP contribution in [0.2, 0.25) is 0 Å². The molecule has 4 nitrogen and oxygen atoms in total. The molecule has 0 fully saturated rings. The average molecular weight is 149 g/mol. The van der Waals surface area contributed by atoms with Gasteiger partial charge < -0.3 is 5.32 Å². The zero-order valence-corrected chi connectivity index (χ0v) is 6.01. The minimum absolute atomic E-state index is 0.336. The molecule has 0 unspecified atom stereocenters. The van der Waals surface area contributed by atoms with E-state index in [0.29, 0.717) is 5.82 Å². The van der Waals surface area contributed by atoms with Crippen LogP contribution in [0, 0.1) is 11.8 Å². The molecule has 0 spiro atoms. The van der Waals surface area contributed by atoms with Crippen LogP contribution in [-0.2, 0) is 4.79 Å². The summed E-state index contributed by atoms with van der Waals surface area (Å²) < 4.78 is 0. The molecule has 1 heterocycles. The lowest BCUT2D eigenvalue weighted by atomic mass is 10.5. The standard InChI is InChI=1S/C7H7N3O/c1-2-3-7(11)9-6-4-5-8-10-6/h4-5H,1H3,(H2,8,9,10,11). The number of rotatable bonds is 1. The number of H-pyrrole nitrogens is 1. The minimum atomic E-state index is -0.336. The Hall–Kier alpha value is -1.76. The van der Waals surface area contributed by atoms with Gasteiger partial charge in [-0.3, -0.25) is 9.89 Å². The molecule has 1 rings (SSSR count). The van der Waals surface area contributed by atoms with E-state index in [1.54, 1.807) is 19.2 Å². The maximum Gasteiger partial charge on any atom is 0.301 e. The van der Waals surface area contributed by atoms with Crippen molar-refractivity contribution in [1.82, 2.24) is 10.2 Å². The maximum absolute atomic E-state index is 10.8. The monoisotopic (exact) mass is 149 g/mol. The third kappa shape index (κ3) is 2.14. The molecule has 0 atom stereocenters. The molecule has 0 aliphatic carbocycles. The summed E-state index contributed by atoms with van der Waals surface area (Å²) in [6, 6.07) is 1.65. The molecule has 1 aromatic rings. The Morgan fingerprint density at radius 2 is 2.64 bits per heavy atom. The van der Waals surface area contributed by atoms with Gasteiger partial charge in [0, 0.05) is 6.07 Å². The first-order valence-corrected chi connectivity index (χ1v) is 3.06. The van der Waals surface area contributed by atoms with Crippen molar-refractivity contribution in [1.29, 1.82) is 0 Å². The second kappa shape index (κ2) is 3.42. The van der Waals surface area contributed by atoms with E-state index in [-0.39, 0.29) is 5.91 Å². The number of hydrogen-bond acceptors (Lipinski definition) is 2. The van der Waals surface area contributed by atoms with Gasteiger partial charge in [0.15, 0.2) is 0 Å². The van der Waals surface area contributed by atoms with E-state index >= 15 is 0 Å². The Bertz CT molecular complexity index is 291. The van der Waals surface area contributed by atoms with Gasteiger partial charge in [0.2, 0.25) is 0 Å². The van der Waals surface area contributed by atoms with Gasteiger partial charge in [-0.1, -0.05) is 5.92 Å². The van der Waals surface area contributed by atoms with Crippen molar-refractivity contribution < 1.29 is 4.79 Å². The first-order valence-electron chi connectivity index (χ1n) is 3.06. The second-order valence-corrected chi connectivity index (χ2v) is 1.80. The van der Waals surface area contributed by atoms with Gasteiger partial charge in [-0.05, 0) is 12.8 Å². The number of carbonyl (C=O) groups is 1. The fourth-order valence-electron chi connectivity index (χ4n) is 0.593. The highest BCUT2D eigenvalue weighted by Crippen LogP contribution is 1.96. The Labute approximate surface area is 64.0 Å². The lowest BCUT2D eigenvalue weighted by molar-refractivity contribution is -0.111. The van der Waals surface area contributed by atoms with Crippen LogP contribution in [0.5, 0.6) is 0 Å². The fraction of sp³-hybridized carbons (Fsp3) is 0.143. The molecule has 1 aromatic heterocycles. The maximum atomic E-state index is 10.8. The van der Waals surface area contributed by atoms with E-state index in [9.17, 15) is 4.79 Å². The quantitative estimate of drug-likeness (QED) is 0.567. The summed E-state index contributed by atoms with van der Waals surface area (Å²) in [6.07, 6.45) is 1.55. The van der Waals surface area contributed by atoms with Gasteiger partial charge in [0.05, 0.1) is 6.20 Å². The van der Waals surface area contributed by atoms with Crippen LogP contribution in [0.1, 0.15) is 6.92 Å². The van der Waals surface area contributed by atoms with E-state index < -0.39 is 0 Å². The third-order valence-electron chi connectivity index (χ3n) is 0.987. The second-order valence-electron chi connectivity index (χ2n) is 1.80. The molecule has 0 saturated heterocycles. The molecule has 56 valence electrons. The predicted octanol–water partition coefficient (Wildman–Crippen LogP) is 0.371. The van der Waals surface area contributed by atoms with Gasteiger partial charge in [-0.25, -0.2) is 0 Å². The summed E-state index contributed by atoms with van der Waals surface area (Å²) in [5, 5.41) is 8.72. The number of carbonyl (C=O) groups excluding carboxylic acids is 1. The average Bonchev–Trinajstić information content (AvgIpc) is 2.40. The van der Waals surface area contributed by atoms with Crippen molar-refractivity contribution in [2.45, 2.75) is 6.92 Å². The Morgan fingerprint density at radius 3 is 3.18 bits per heavy atom. The molecule has 0 aromatic carbocycles. The summed E-state index contributed by atoms with van der Waals surface area (Å²) in [4.78, 5) is 10.8. The number of anilines is 1. The van der Waals surface area contributed by atoms with Crippen LogP contribution in [0.15, 0.2) is 12.3 Å². The van der Waals surface area contributed by atoms with Crippen molar-refractivity contribution in [2.24, 2.45) is 0 Å². The Balaban J connectivity index is 2.55. The summed E-state index contributed by atoms with van der Waals surface area (Å²) in [5.74, 6) is 5.04. The lowest BCUT2D eigenvalue weighted by Crippen LogP contribution is -2.08. The van der Waals surface area contributed by atoms with Crippen LogP contribution in [0.4, 0.5) is 5.82 Å². The van der Waals surface area contributed by atoms with Crippen LogP contribution in [0.3, 0.4) is 0 Å². The highest BCUT2D eigenvalue weighted by Gasteiger charge is 1.95. The smallest absolute Gasteiger partial charge is 0.300 e. The van der Waals surface area contributed by atoms with Gasteiger partial charge in [0.1, 0.15) is 5.82 Å². The topological polar surface area (TPSA) is 57.8 Å². The van der Waals surface area contributed by atoms with Gasteiger partial charge >= 0.3 is 5.91 Å². The van der Waals surface area contributed by atoms with Crippen molar-refractivity contribution in [3.8, 4) is 11.8 Å². The third-order valence-corrected chi connectivity index (χ3v) is 0.987. The number of nitrogens with one attached hydrogen (secondary N) is 2. The minimum Gasteiger partial charge on any atom is -0.300 e. The molecule has 11 heavy (non-hydrogen) atoms. The van der Waals surface area contributed by atoms with E-state index in [2.05, 4.69) is 27.4 Å². The predicted molar refractivity (Wildman–Crippen MR) is 40.7 cm³/mol. The number of nitrogens with zero attached hydrogens (tertiary/aromatic N) is 1. The van der Waals surface area contributed by atoms with E-state index in [1.165, 1.54) is 0 Å². The molecular weight excluding hydrogens is 142 g/mol. The highest BCUT2D eigenvalue weighted by atomic mass is 16.1. The molecule has 0 radical (unpaired) electrons. The van der Waals surface area contributed by atoms with Gasteiger partial charge in [0.25, 0.3) is 0 Å². The van der Waals surface area contributed by atoms with Crippen LogP contribution < -0.4 is 5.32 Å². The largest absolute Gasteiger partial charge is 0.301 e. The molecule has 0 aliphatic heterocycles. The molecule has 0 bridgehead atoms. The first-order chi connectivity index (χ1) is 5.33. The Kier molecular flexibility index (Phi) is 2.28. The van der Waals surface area contributed by atoms with Gasteiger partial charge in [-0.15, -0.1) is 0 Å². The summed E-state index contributed by atoms with van der Waals surface area (Å²) in [5.41, 5.74) is 0. The molecule has 0 saturated carbocycles. The molecule has 1 amide bonds. The number of aromatic amines is 1. The zero-order valence-electron chi connectivity index (χ0n) is 6.01. The Morgan fingerprint density at radius 1 is 1.82 bits per heavy atom. The molecular formula is C7H7N3O. The summed E-state index contributed by atoms with van der Waals surface area (Å²) in [7, 11) is 0. The van der Waals surface area contributed by atoms with Crippen LogP contribution >= 0.6 is 0 Å². The van der Waals surface area contributed by atoms with Crippen molar-refractivity contribution in [3.05, 3.63) is 12.3 Å². The van der Waals surface area contributed by atoms with Crippen LogP contribution in [-0.4, -0.2) is 16.1 Å². The van der Waals surface area contributed by atoms with Crippen LogP contribution in [0.25, 0.3) is 0 Å². The van der Waals surface area contributed by atoms with E-state index in [4.69, 9.17) is 0 Å². The highest BCUT2D eigenvalue weighted by molar-refractivity contribution is 6.03. The number of aromatic nitrogens is 2. The number of amides is 1. The van der Waals surface area contributed by atoms with Crippen molar-refractivity contribution in [2.75, 3.05) is 5.32 Å². The summed E-state index contributed by atoms with van der Waals surface area (Å²) in [6.45, 7) is 1.60. The number of hydrogen-bond donors (Lipinski definition) is 2. The van der Waals surface area contributed by atoms with Gasteiger partial charge in [-0.2, -0.15) is 5.10 Å². The van der Waals surface area contributed by atoms with Crippen molar-refractivity contribution in [3.63, 3.8) is 0 Å².